The predicted molar refractivity (Wildman–Crippen MR) is 57.6 cm³/mol. The van der Waals surface area contributed by atoms with E-state index < -0.39 is 0 Å². The van der Waals surface area contributed by atoms with E-state index in [1.165, 1.54) is 23.9 Å². The van der Waals surface area contributed by atoms with Crippen LogP contribution in [0, 0.1) is 5.82 Å². The lowest BCUT2D eigenvalue weighted by atomic mass is 10.4. The molecule has 15 heavy (non-hydrogen) atoms. The molecule has 2 aromatic rings. The van der Waals surface area contributed by atoms with Crippen molar-refractivity contribution in [3.05, 3.63) is 47.4 Å². The Labute approximate surface area is 95.5 Å². The molecule has 5 heteroatoms. The van der Waals surface area contributed by atoms with Crippen molar-refractivity contribution in [1.29, 1.82) is 0 Å². The number of nitrogens with zero attached hydrogens (tertiary/aromatic N) is 2. The Kier molecular flexibility index (Phi) is 3.18. The standard InChI is InChI=1S/C10H6ClFN2S/c11-9-4-5-10(14-13-9)15-8-3-1-2-7(12)6-8/h1-6H. The average molecular weight is 241 g/mol. The maximum atomic E-state index is 12.9. The third-order valence-corrected chi connectivity index (χ3v) is 2.74. The van der Waals surface area contributed by atoms with Crippen LogP contribution >= 0.6 is 23.4 Å². The highest BCUT2D eigenvalue weighted by molar-refractivity contribution is 7.99. The molecule has 0 aliphatic carbocycles. The minimum Gasteiger partial charge on any atom is -0.207 e. The molecule has 0 bridgehead atoms. The Hall–Kier alpha value is -1.13. The monoisotopic (exact) mass is 240 g/mol. The van der Waals surface area contributed by atoms with Gasteiger partial charge in [-0.3, -0.25) is 0 Å². The molecule has 0 fully saturated rings. The summed E-state index contributed by atoms with van der Waals surface area (Å²) in [6, 6.07) is 9.70. The molecule has 2 nitrogen and oxygen atoms in total. The summed E-state index contributed by atoms with van der Waals surface area (Å²) in [5, 5.41) is 8.59. The van der Waals surface area contributed by atoms with Gasteiger partial charge in [0.25, 0.3) is 0 Å². The van der Waals surface area contributed by atoms with Crippen LogP contribution in [0.4, 0.5) is 4.39 Å². The molecule has 0 aliphatic rings. The van der Waals surface area contributed by atoms with Gasteiger partial charge >= 0.3 is 0 Å². The number of benzene rings is 1. The van der Waals surface area contributed by atoms with Crippen molar-refractivity contribution in [2.24, 2.45) is 0 Å². The van der Waals surface area contributed by atoms with E-state index in [0.717, 1.165) is 4.90 Å². The summed E-state index contributed by atoms with van der Waals surface area (Å²) >= 11 is 6.94. The highest BCUT2D eigenvalue weighted by Gasteiger charge is 2.00. The fourth-order valence-electron chi connectivity index (χ4n) is 1.01. The van der Waals surface area contributed by atoms with E-state index in [2.05, 4.69) is 10.2 Å². The maximum Gasteiger partial charge on any atom is 0.151 e. The highest BCUT2D eigenvalue weighted by Crippen LogP contribution is 2.25. The maximum absolute atomic E-state index is 12.9. The largest absolute Gasteiger partial charge is 0.207 e. The molecule has 1 aromatic heterocycles. The minimum atomic E-state index is -0.262. The number of halogens is 2. The van der Waals surface area contributed by atoms with Crippen LogP contribution in [0.5, 0.6) is 0 Å². The van der Waals surface area contributed by atoms with Crippen LogP contribution in [-0.2, 0) is 0 Å². The molecule has 0 amide bonds. The second-order valence-electron chi connectivity index (χ2n) is 2.75. The van der Waals surface area contributed by atoms with Gasteiger partial charge in [0.15, 0.2) is 5.15 Å². The summed E-state index contributed by atoms with van der Waals surface area (Å²) in [6.07, 6.45) is 0. The van der Waals surface area contributed by atoms with Crippen LogP contribution in [0.2, 0.25) is 5.15 Å². The number of aromatic nitrogens is 2. The van der Waals surface area contributed by atoms with Crippen molar-refractivity contribution >= 4 is 23.4 Å². The van der Waals surface area contributed by atoms with E-state index in [1.54, 1.807) is 18.2 Å². The molecule has 2 rings (SSSR count). The lowest BCUT2D eigenvalue weighted by Gasteiger charge is -1.99. The van der Waals surface area contributed by atoms with Gasteiger partial charge in [0.1, 0.15) is 10.8 Å². The summed E-state index contributed by atoms with van der Waals surface area (Å²) < 4.78 is 12.9. The topological polar surface area (TPSA) is 25.8 Å². The third kappa shape index (κ3) is 2.91. The number of rotatable bonds is 2. The Bertz CT molecular complexity index is 461. The SMILES string of the molecule is Fc1cccc(Sc2ccc(Cl)nn2)c1. The lowest BCUT2D eigenvalue weighted by molar-refractivity contribution is 0.624. The van der Waals surface area contributed by atoms with Crippen LogP contribution in [0.1, 0.15) is 0 Å². The first-order valence-corrected chi connectivity index (χ1v) is 5.36. The molecular weight excluding hydrogens is 235 g/mol. The van der Waals surface area contributed by atoms with E-state index in [4.69, 9.17) is 11.6 Å². The minimum absolute atomic E-state index is 0.262. The van der Waals surface area contributed by atoms with Crippen LogP contribution in [0.25, 0.3) is 0 Å². The molecule has 1 aromatic carbocycles. The van der Waals surface area contributed by atoms with E-state index in [1.807, 2.05) is 6.07 Å². The normalized spacial score (nSPS) is 10.3. The first-order valence-electron chi connectivity index (χ1n) is 4.17. The highest BCUT2D eigenvalue weighted by atomic mass is 35.5. The fourth-order valence-corrected chi connectivity index (χ4v) is 1.89. The van der Waals surface area contributed by atoms with Gasteiger partial charge in [-0.15, -0.1) is 10.2 Å². The summed E-state index contributed by atoms with van der Waals surface area (Å²) in [4.78, 5) is 0.784. The summed E-state index contributed by atoms with van der Waals surface area (Å²) in [5.41, 5.74) is 0. The zero-order valence-corrected chi connectivity index (χ0v) is 9.10. The van der Waals surface area contributed by atoms with Gasteiger partial charge < -0.3 is 0 Å². The second kappa shape index (κ2) is 4.59. The molecule has 0 atom stereocenters. The first-order chi connectivity index (χ1) is 7.24. The fraction of sp³-hybridized carbons (Fsp3) is 0. The average Bonchev–Trinajstić information content (AvgIpc) is 2.22. The predicted octanol–water partition coefficient (Wildman–Crippen LogP) is 3.42. The molecule has 0 spiro atoms. The van der Waals surface area contributed by atoms with Crippen LogP contribution in [0.15, 0.2) is 46.3 Å². The van der Waals surface area contributed by atoms with Crippen molar-refractivity contribution in [3.8, 4) is 0 Å². The van der Waals surface area contributed by atoms with Crippen molar-refractivity contribution in [1.82, 2.24) is 10.2 Å². The van der Waals surface area contributed by atoms with Crippen molar-refractivity contribution in [3.63, 3.8) is 0 Å². The number of hydrogen-bond acceptors (Lipinski definition) is 3. The molecule has 0 saturated heterocycles. The molecule has 0 radical (unpaired) electrons. The van der Waals surface area contributed by atoms with Gasteiger partial charge in [-0.25, -0.2) is 4.39 Å². The molecule has 0 unspecified atom stereocenters. The van der Waals surface area contributed by atoms with E-state index >= 15 is 0 Å². The van der Waals surface area contributed by atoms with Crippen molar-refractivity contribution < 1.29 is 4.39 Å². The van der Waals surface area contributed by atoms with Gasteiger partial charge in [-0.1, -0.05) is 29.4 Å². The Morgan fingerprint density at radius 3 is 2.67 bits per heavy atom. The molecule has 0 N–H and O–H groups in total. The molecule has 76 valence electrons. The Morgan fingerprint density at radius 2 is 2.00 bits per heavy atom. The van der Waals surface area contributed by atoms with E-state index in [9.17, 15) is 4.39 Å². The van der Waals surface area contributed by atoms with Crippen molar-refractivity contribution in [2.45, 2.75) is 9.92 Å². The van der Waals surface area contributed by atoms with E-state index in [0.29, 0.717) is 10.2 Å². The molecule has 1 heterocycles. The van der Waals surface area contributed by atoms with Gasteiger partial charge in [0, 0.05) is 4.90 Å². The van der Waals surface area contributed by atoms with Crippen molar-refractivity contribution in [2.75, 3.05) is 0 Å². The van der Waals surface area contributed by atoms with E-state index in [-0.39, 0.29) is 5.82 Å². The summed E-state index contributed by atoms with van der Waals surface area (Å²) in [7, 11) is 0. The zero-order chi connectivity index (χ0) is 10.7. The zero-order valence-electron chi connectivity index (χ0n) is 7.52. The van der Waals surface area contributed by atoms with Gasteiger partial charge in [0.2, 0.25) is 0 Å². The quantitative estimate of drug-likeness (QED) is 0.805. The second-order valence-corrected chi connectivity index (χ2v) is 4.23. The first kappa shape index (κ1) is 10.4. The Balaban J connectivity index is 2.18. The van der Waals surface area contributed by atoms with Crippen LogP contribution in [0.3, 0.4) is 0 Å². The molecule has 0 saturated carbocycles. The van der Waals surface area contributed by atoms with Gasteiger partial charge in [-0.05, 0) is 30.3 Å². The molecule has 0 aliphatic heterocycles. The summed E-state index contributed by atoms with van der Waals surface area (Å²) in [5.74, 6) is -0.262. The van der Waals surface area contributed by atoms with Gasteiger partial charge in [-0.2, -0.15) is 0 Å². The van der Waals surface area contributed by atoms with Gasteiger partial charge in [0.05, 0.1) is 0 Å². The lowest BCUT2D eigenvalue weighted by Crippen LogP contribution is -1.84. The number of hydrogen-bond donors (Lipinski definition) is 0. The van der Waals surface area contributed by atoms with Crippen LogP contribution in [-0.4, -0.2) is 10.2 Å². The summed E-state index contributed by atoms with van der Waals surface area (Å²) in [6.45, 7) is 0. The Morgan fingerprint density at radius 1 is 1.13 bits per heavy atom. The smallest absolute Gasteiger partial charge is 0.151 e. The third-order valence-electron chi connectivity index (χ3n) is 1.63. The molecular formula is C10H6ClFN2S. The van der Waals surface area contributed by atoms with Crippen LogP contribution < -0.4 is 0 Å².